The van der Waals surface area contributed by atoms with Crippen molar-refractivity contribution >= 4 is 5.82 Å². The lowest BCUT2D eigenvalue weighted by molar-refractivity contribution is 0.708. The second kappa shape index (κ2) is 4.98. The van der Waals surface area contributed by atoms with Crippen LogP contribution >= 0.6 is 0 Å². The molecule has 2 rings (SSSR count). The van der Waals surface area contributed by atoms with Crippen LogP contribution in [0.5, 0.6) is 0 Å². The maximum Gasteiger partial charge on any atom is 0.133 e. The number of aryl methyl sites for hydroxylation is 1. The minimum Gasteiger partial charge on any atom is -0.356 e. The number of rotatable bonds is 2. The molecule has 0 bridgehead atoms. The Balaban J connectivity index is 2.28. The first-order valence-electron chi connectivity index (χ1n) is 5.86. The van der Waals surface area contributed by atoms with Gasteiger partial charge < -0.3 is 5.32 Å². The van der Waals surface area contributed by atoms with Gasteiger partial charge in [-0.05, 0) is 32.6 Å². The molecule has 0 radical (unpaired) electrons. The van der Waals surface area contributed by atoms with Gasteiger partial charge >= 0.3 is 0 Å². The lowest BCUT2D eigenvalue weighted by Gasteiger charge is -2.14. The zero-order valence-electron chi connectivity index (χ0n) is 9.66. The van der Waals surface area contributed by atoms with Gasteiger partial charge in [-0.2, -0.15) is 0 Å². The highest BCUT2D eigenvalue weighted by Gasteiger charge is 2.14. The smallest absolute Gasteiger partial charge is 0.133 e. The first-order valence-corrected chi connectivity index (χ1v) is 5.86. The summed E-state index contributed by atoms with van der Waals surface area (Å²) in [4.78, 5) is 8.67. The van der Waals surface area contributed by atoms with E-state index in [9.17, 15) is 0 Å². The van der Waals surface area contributed by atoms with E-state index >= 15 is 0 Å². The molecule has 1 aromatic heterocycles. The Morgan fingerprint density at radius 3 is 2.94 bits per heavy atom. The lowest BCUT2D eigenvalue weighted by atomic mass is 10.1. The molecule has 0 aromatic carbocycles. The minimum absolute atomic E-state index is 0.0160. The number of hydrogen-bond donors (Lipinski definition) is 1. The molecular weight excluding hydrogens is 198 g/mol. The molecule has 0 saturated heterocycles. The molecule has 0 fully saturated rings. The van der Waals surface area contributed by atoms with Gasteiger partial charge in [0.05, 0.1) is 6.04 Å². The average Bonchev–Trinajstić information content (AvgIpc) is 2.54. The Labute approximate surface area is 96.7 Å². The van der Waals surface area contributed by atoms with Gasteiger partial charge in [-0.15, -0.1) is 6.42 Å². The summed E-state index contributed by atoms with van der Waals surface area (Å²) in [5.41, 5.74) is 2.46. The number of nitrogens with zero attached hydrogens (tertiary/aromatic N) is 2. The summed E-state index contributed by atoms with van der Waals surface area (Å²) >= 11 is 0. The van der Waals surface area contributed by atoms with Crippen molar-refractivity contribution in [1.82, 2.24) is 9.97 Å². The van der Waals surface area contributed by atoms with Gasteiger partial charge in [0, 0.05) is 11.3 Å². The summed E-state index contributed by atoms with van der Waals surface area (Å²) in [6.07, 6.45) is 12.9. The standard InChI is InChI=1S/C13H17N3/c1-3-10(2)16-13-11-7-5-4-6-8-12(11)14-9-15-13/h1,9-10H,4-8H2,2H3,(H,14,15,16). The quantitative estimate of drug-likeness (QED) is 0.607. The Hall–Kier alpha value is -1.56. The van der Waals surface area contributed by atoms with Crippen molar-refractivity contribution < 1.29 is 0 Å². The normalized spacial score (nSPS) is 16.8. The Morgan fingerprint density at radius 1 is 1.31 bits per heavy atom. The minimum atomic E-state index is 0.0160. The highest BCUT2D eigenvalue weighted by atomic mass is 15.0. The Kier molecular flexibility index (Phi) is 3.40. The van der Waals surface area contributed by atoms with Crippen LogP contribution in [-0.2, 0) is 12.8 Å². The zero-order valence-corrected chi connectivity index (χ0v) is 9.66. The van der Waals surface area contributed by atoms with Crippen LogP contribution in [0.2, 0.25) is 0 Å². The Bertz CT molecular complexity index is 406. The van der Waals surface area contributed by atoms with Crippen molar-refractivity contribution in [3.63, 3.8) is 0 Å². The molecule has 0 saturated carbocycles. The van der Waals surface area contributed by atoms with E-state index in [1.807, 2.05) is 6.92 Å². The third-order valence-corrected chi connectivity index (χ3v) is 2.98. The van der Waals surface area contributed by atoms with E-state index in [0.29, 0.717) is 0 Å². The van der Waals surface area contributed by atoms with Gasteiger partial charge in [-0.25, -0.2) is 9.97 Å². The third kappa shape index (κ3) is 2.33. The van der Waals surface area contributed by atoms with Crippen LogP contribution in [0.4, 0.5) is 5.82 Å². The van der Waals surface area contributed by atoms with Crippen LogP contribution in [0.15, 0.2) is 6.33 Å². The summed E-state index contributed by atoms with van der Waals surface area (Å²) in [5.74, 6) is 3.59. The predicted octanol–water partition coefficient (Wildman–Crippen LogP) is 2.18. The second-order valence-electron chi connectivity index (χ2n) is 4.24. The van der Waals surface area contributed by atoms with E-state index in [1.54, 1.807) is 6.33 Å². The van der Waals surface area contributed by atoms with Crippen molar-refractivity contribution in [1.29, 1.82) is 0 Å². The molecule has 0 amide bonds. The number of fused-ring (bicyclic) bond motifs is 1. The van der Waals surface area contributed by atoms with Crippen LogP contribution in [-0.4, -0.2) is 16.0 Å². The first-order chi connectivity index (χ1) is 7.81. The fraction of sp³-hybridized carbons (Fsp3) is 0.538. The SMILES string of the molecule is C#CC(C)Nc1ncnc2c1CCCCC2. The third-order valence-electron chi connectivity index (χ3n) is 2.98. The molecule has 0 spiro atoms. The average molecular weight is 215 g/mol. The van der Waals surface area contributed by atoms with Crippen LogP contribution in [0.25, 0.3) is 0 Å². The predicted molar refractivity (Wildman–Crippen MR) is 65.2 cm³/mol. The maximum absolute atomic E-state index is 5.37. The van der Waals surface area contributed by atoms with Gasteiger partial charge in [0.25, 0.3) is 0 Å². The summed E-state index contributed by atoms with van der Waals surface area (Å²) < 4.78 is 0. The van der Waals surface area contributed by atoms with Gasteiger partial charge in [0.1, 0.15) is 12.1 Å². The topological polar surface area (TPSA) is 37.8 Å². The molecule has 3 heteroatoms. The van der Waals surface area contributed by atoms with Gasteiger partial charge in [0.2, 0.25) is 0 Å². The first kappa shape index (κ1) is 10.9. The number of terminal acetylenes is 1. The molecule has 1 heterocycles. The van der Waals surface area contributed by atoms with E-state index in [-0.39, 0.29) is 6.04 Å². The van der Waals surface area contributed by atoms with Crippen molar-refractivity contribution in [2.45, 2.75) is 45.1 Å². The van der Waals surface area contributed by atoms with Crippen LogP contribution in [0, 0.1) is 12.3 Å². The fourth-order valence-corrected chi connectivity index (χ4v) is 2.07. The molecule has 0 aliphatic heterocycles. The molecule has 1 atom stereocenters. The molecule has 1 aliphatic rings. The van der Waals surface area contributed by atoms with Crippen molar-refractivity contribution in [3.8, 4) is 12.3 Å². The maximum atomic E-state index is 5.37. The Morgan fingerprint density at radius 2 is 2.12 bits per heavy atom. The molecule has 1 aromatic rings. The monoisotopic (exact) mass is 215 g/mol. The van der Waals surface area contributed by atoms with E-state index in [4.69, 9.17) is 6.42 Å². The van der Waals surface area contributed by atoms with E-state index in [0.717, 1.165) is 18.7 Å². The van der Waals surface area contributed by atoms with Gasteiger partial charge in [-0.1, -0.05) is 12.3 Å². The molecule has 1 N–H and O–H groups in total. The number of nitrogens with one attached hydrogen (secondary N) is 1. The van der Waals surface area contributed by atoms with Crippen molar-refractivity contribution in [2.75, 3.05) is 5.32 Å². The molecule has 16 heavy (non-hydrogen) atoms. The van der Waals surface area contributed by atoms with Gasteiger partial charge in [-0.3, -0.25) is 0 Å². The van der Waals surface area contributed by atoms with E-state index in [2.05, 4.69) is 21.2 Å². The zero-order chi connectivity index (χ0) is 11.4. The number of hydrogen-bond acceptors (Lipinski definition) is 3. The number of aromatic nitrogens is 2. The van der Waals surface area contributed by atoms with E-state index < -0.39 is 0 Å². The number of anilines is 1. The summed E-state index contributed by atoms with van der Waals surface area (Å²) in [6.45, 7) is 1.96. The molecular formula is C13H17N3. The lowest BCUT2D eigenvalue weighted by Crippen LogP contribution is -2.16. The molecule has 1 aliphatic carbocycles. The highest BCUT2D eigenvalue weighted by molar-refractivity contribution is 5.48. The summed E-state index contributed by atoms with van der Waals surface area (Å²) in [7, 11) is 0. The largest absolute Gasteiger partial charge is 0.356 e. The van der Waals surface area contributed by atoms with E-state index in [1.165, 1.54) is 30.5 Å². The molecule has 1 unspecified atom stereocenters. The second-order valence-corrected chi connectivity index (χ2v) is 4.24. The molecule has 3 nitrogen and oxygen atoms in total. The highest BCUT2D eigenvalue weighted by Crippen LogP contribution is 2.23. The van der Waals surface area contributed by atoms with Gasteiger partial charge in [0.15, 0.2) is 0 Å². The van der Waals surface area contributed by atoms with Crippen molar-refractivity contribution in [2.24, 2.45) is 0 Å². The van der Waals surface area contributed by atoms with Crippen LogP contribution in [0.3, 0.4) is 0 Å². The summed E-state index contributed by atoms with van der Waals surface area (Å²) in [5, 5.41) is 3.26. The van der Waals surface area contributed by atoms with Crippen molar-refractivity contribution in [3.05, 3.63) is 17.6 Å². The van der Waals surface area contributed by atoms with Crippen LogP contribution in [0.1, 0.15) is 37.4 Å². The fourth-order valence-electron chi connectivity index (χ4n) is 2.07. The molecule has 84 valence electrons. The summed E-state index contributed by atoms with van der Waals surface area (Å²) in [6, 6.07) is 0.0160. The van der Waals surface area contributed by atoms with Crippen LogP contribution < -0.4 is 5.32 Å².